The van der Waals surface area contributed by atoms with E-state index in [1.165, 1.54) is 12.2 Å². The fraction of sp³-hybridized carbons (Fsp3) is 0.750. The molecule has 0 bridgehead atoms. The number of nitrogens with one attached hydrogen (secondary N) is 1. The van der Waals surface area contributed by atoms with Crippen LogP contribution in [0.1, 0.15) is 26.7 Å². The Hall–Kier alpha value is -1.04. The summed E-state index contributed by atoms with van der Waals surface area (Å²) in [6, 6.07) is 0.584. The van der Waals surface area contributed by atoms with Gasteiger partial charge in [-0.3, -0.25) is 9.67 Å². The minimum absolute atomic E-state index is 0.584. The summed E-state index contributed by atoms with van der Waals surface area (Å²) in [7, 11) is 0. The second-order valence-electron chi connectivity index (χ2n) is 4.84. The van der Waals surface area contributed by atoms with Crippen molar-refractivity contribution in [2.75, 3.05) is 12.3 Å². The largest absolute Gasteiger partial charge is 0.362 e. The molecule has 1 aliphatic rings. The minimum Gasteiger partial charge on any atom is -0.362 e. The SMILES string of the molecule is CC(C)C1CCSC(=NCCCn2ccnn2)N1. The lowest BCUT2D eigenvalue weighted by Gasteiger charge is -2.28. The van der Waals surface area contributed by atoms with Crippen LogP contribution in [0.4, 0.5) is 0 Å². The van der Waals surface area contributed by atoms with Gasteiger partial charge in [0.1, 0.15) is 0 Å². The fourth-order valence-electron chi connectivity index (χ4n) is 1.91. The molecule has 0 radical (unpaired) electrons. The van der Waals surface area contributed by atoms with E-state index in [2.05, 4.69) is 34.5 Å². The smallest absolute Gasteiger partial charge is 0.156 e. The molecule has 2 heterocycles. The molecule has 5 nitrogen and oxygen atoms in total. The Balaban J connectivity index is 1.72. The van der Waals surface area contributed by atoms with Gasteiger partial charge in [-0.25, -0.2) is 0 Å². The van der Waals surface area contributed by atoms with E-state index >= 15 is 0 Å². The first-order chi connectivity index (χ1) is 8.75. The van der Waals surface area contributed by atoms with Gasteiger partial charge in [-0.05, 0) is 18.8 Å². The van der Waals surface area contributed by atoms with Crippen molar-refractivity contribution in [3.8, 4) is 0 Å². The van der Waals surface area contributed by atoms with Crippen molar-refractivity contribution in [1.29, 1.82) is 0 Å². The van der Waals surface area contributed by atoms with Crippen LogP contribution in [0.3, 0.4) is 0 Å². The number of amidine groups is 1. The lowest BCUT2D eigenvalue weighted by Crippen LogP contribution is -2.41. The van der Waals surface area contributed by atoms with Gasteiger partial charge >= 0.3 is 0 Å². The summed E-state index contributed by atoms with van der Waals surface area (Å²) in [5.41, 5.74) is 0. The number of nitrogens with zero attached hydrogens (tertiary/aromatic N) is 4. The molecule has 1 atom stereocenters. The lowest BCUT2D eigenvalue weighted by molar-refractivity contribution is 0.442. The summed E-state index contributed by atoms with van der Waals surface area (Å²) in [6.45, 7) is 6.25. The first-order valence-corrected chi connectivity index (χ1v) is 7.52. The van der Waals surface area contributed by atoms with E-state index in [-0.39, 0.29) is 0 Å². The normalized spacial score (nSPS) is 22.4. The van der Waals surface area contributed by atoms with Crippen LogP contribution >= 0.6 is 11.8 Å². The molecule has 0 amide bonds. The van der Waals surface area contributed by atoms with E-state index in [0.717, 1.165) is 24.7 Å². The van der Waals surface area contributed by atoms with Crippen LogP contribution in [0, 0.1) is 5.92 Å². The molecule has 1 saturated heterocycles. The molecular formula is C12H21N5S. The van der Waals surface area contributed by atoms with Crippen molar-refractivity contribution in [1.82, 2.24) is 20.3 Å². The first-order valence-electron chi connectivity index (χ1n) is 6.53. The van der Waals surface area contributed by atoms with E-state index < -0.39 is 0 Å². The van der Waals surface area contributed by atoms with Crippen LogP contribution in [0.2, 0.25) is 0 Å². The van der Waals surface area contributed by atoms with Gasteiger partial charge in [-0.2, -0.15) is 0 Å². The zero-order valence-electron chi connectivity index (χ0n) is 11.0. The zero-order valence-corrected chi connectivity index (χ0v) is 11.9. The quantitative estimate of drug-likeness (QED) is 0.826. The summed E-state index contributed by atoms with van der Waals surface area (Å²) in [6.07, 6.45) is 5.83. The number of thioether (sulfide) groups is 1. The number of rotatable bonds is 5. The van der Waals surface area contributed by atoms with Crippen LogP contribution in [-0.4, -0.2) is 38.5 Å². The van der Waals surface area contributed by atoms with Gasteiger partial charge in [-0.1, -0.05) is 30.8 Å². The van der Waals surface area contributed by atoms with Crippen molar-refractivity contribution in [2.24, 2.45) is 10.9 Å². The first kappa shape index (κ1) is 13.4. The number of hydrogen-bond acceptors (Lipinski definition) is 4. The summed E-state index contributed by atoms with van der Waals surface area (Å²) in [4.78, 5) is 4.62. The molecular weight excluding hydrogens is 246 g/mol. The second-order valence-corrected chi connectivity index (χ2v) is 5.92. The van der Waals surface area contributed by atoms with Crippen LogP contribution in [0.5, 0.6) is 0 Å². The van der Waals surface area contributed by atoms with Gasteiger partial charge in [0, 0.05) is 31.1 Å². The van der Waals surface area contributed by atoms with E-state index in [4.69, 9.17) is 0 Å². The molecule has 0 saturated carbocycles. The molecule has 18 heavy (non-hydrogen) atoms. The molecule has 1 N–H and O–H groups in total. The molecule has 0 aromatic carbocycles. The Morgan fingerprint density at radius 3 is 3.22 bits per heavy atom. The molecule has 0 aliphatic carbocycles. The standard InChI is InChI=1S/C12H21N5S/c1-10(2)11-4-9-18-12(15-11)13-5-3-7-17-8-6-14-16-17/h6,8,10-11H,3-5,7,9H2,1-2H3,(H,13,15). The maximum Gasteiger partial charge on any atom is 0.156 e. The third kappa shape index (κ3) is 4.01. The van der Waals surface area contributed by atoms with Crippen molar-refractivity contribution >= 4 is 16.9 Å². The maximum absolute atomic E-state index is 4.62. The molecule has 1 unspecified atom stereocenters. The van der Waals surface area contributed by atoms with Gasteiger partial charge in [0.05, 0.1) is 6.20 Å². The molecule has 1 aromatic heterocycles. The number of aliphatic imine (C=N–C) groups is 1. The Labute approximate surface area is 112 Å². The Morgan fingerprint density at radius 2 is 2.50 bits per heavy atom. The van der Waals surface area contributed by atoms with Crippen molar-refractivity contribution in [2.45, 2.75) is 39.3 Å². The molecule has 1 aromatic rings. The highest BCUT2D eigenvalue weighted by molar-refractivity contribution is 8.13. The Bertz CT molecular complexity index is 374. The van der Waals surface area contributed by atoms with Gasteiger partial charge in [0.15, 0.2) is 5.17 Å². The predicted molar refractivity (Wildman–Crippen MR) is 75.8 cm³/mol. The summed E-state index contributed by atoms with van der Waals surface area (Å²) in [5.74, 6) is 1.85. The predicted octanol–water partition coefficient (Wildman–Crippen LogP) is 1.78. The number of aromatic nitrogens is 3. The second kappa shape index (κ2) is 6.78. The van der Waals surface area contributed by atoms with Crippen LogP contribution < -0.4 is 5.32 Å². The van der Waals surface area contributed by atoms with Gasteiger partial charge in [-0.15, -0.1) is 5.10 Å². The highest BCUT2D eigenvalue weighted by Crippen LogP contribution is 2.18. The van der Waals surface area contributed by atoms with Gasteiger partial charge in [0.2, 0.25) is 0 Å². The van der Waals surface area contributed by atoms with E-state index in [9.17, 15) is 0 Å². The topological polar surface area (TPSA) is 55.1 Å². The summed E-state index contributed by atoms with van der Waals surface area (Å²) >= 11 is 1.84. The molecule has 100 valence electrons. The minimum atomic E-state index is 0.584. The highest BCUT2D eigenvalue weighted by atomic mass is 32.2. The molecule has 0 spiro atoms. The third-order valence-electron chi connectivity index (χ3n) is 3.05. The van der Waals surface area contributed by atoms with Crippen LogP contribution in [0.15, 0.2) is 17.4 Å². The Kier molecular flexibility index (Phi) is 5.04. The molecule has 1 fully saturated rings. The molecule has 6 heteroatoms. The fourth-order valence-corrected chi connectivity index (χ4v) is 2.89. The summed E-state index contributed by atoms with van der Waals surface area (Å²) < 4.78 is 1.85. The van der Waals surface area contributed by atoms with Crippen molar-refractivity contribution in [3.63, 3.8) is 0 Å². The van der Waals surface area contributed by atoms with E-state index in [1.54, 1.807) is 6.20 Å². The number of aryl methyl sites for hydroxylation is 1. The third-order valence-corrected chi connectivity index (χ3v) is 4.01. The highest BCUT2D eigenvalue weighted by Gasteiger charge is 2.19. The van der Waals surface area contributed by atoms with E-state index in [0.29, 0.717) is 12.0 Å². The zero-order chi connectivity index (χ0) is 12.8. The monoisotopic (exact) mass is 267 g/mol. The van der Waals surface area contributed by atoms with Gasteiger partial charge < -0.3 is 5.32 Å². The van der Waals surface area contributed by atoms with Crippen molar-refractivity contribution < 1.29 is 0 Å². The number of hydrogen-bond donors (Lipinski definition) is 1. The molecule has 2 rings (SSSR count). The van der Waals surface area contributed by atoms with E-state index in [1.807, 2.05) is 22.6 Å². The summed E-state index contributed by atoms with van der Waals surface area (Å²) in [5, 5.41) is 12.3. The van der Waals surface area contributed by atoms with Crippen LogP contribution in [0.25, 0.3) is 0 Å². The van der Waals surface area contributed by atoms with Crippen molar-refractivity contribution in [3.05, 3.63) is 12.4 Å². The van der Waals surface area contributed by atoms with Gasteiger partial charge in [0.25, 0.3) is 0 Å². The van der Waals surface area contributed by atoms with Crippen LogP contribution in [-0.2, 0) is 6.54 Å². The Morgan fingerprint density at radius 1 is 1.61 bits per heavy atom. The lowest BCUT2D eigenvalue weighted by atomic mass is 10.0. The average molecular weight is 267 g/mol. The average Bonchev–Trinajstić information content (AvgIpc) is 2.88. The maximum atomic E-state index is 4.62. The molecule has 1 aliphatic heterocycles.